The van der Waals surface area contributed by atoms with Crippen molar-refractivity contribution in [1.29, 1.82) is 0 Å². The third-order valence-electron chi connectivity index (χ3n) is 3.98. The minimum absolute atomic E-state index is 0.00845. The molecule has 1 saturated heterocycles. The zero-order valence-corrected chi connectivity index (χ0v) is 12.9. The average molecular weight is 294 g/mol. The summed E-state index contributed by atoms with van der Waals surface area (Å²) in [5.41, 5.74) is 0.879. The summed E-state index contributed by atoms with van der Waals surface area (Å²) in [7, 11) is 1.25. The number of hydrogen-bond donors (Lipinski definition) is 0. The van der Waals surface area contributed by atoms with Crippen molar-refractivity contribution >= 4 is 5.97 Å². The van der Waals surface area contributed by atoms with Crippen LogP contribution in [-0.2, 0) is 11.3 Å². The van der Waals surface area contributed by atoms with Gasteiger partial charge in [0.25, 0.3) is 0 Å². The van der Waals surface area contributed by atoms with Gasteiger partial charge in [-0.1, -0.05) is 6.07 Å². The number of carbonyl (C=O) groups excluding carboxylic acids is 1. The molecule has 0 amide bonds. The first-order chi connectivity index (χ1) is 10.0. The molecular formula is C16H23FN2O2. The molecule has 5 heteroatoms. The zero-order chi connectivity index (χ0) is 15.4. The number of methoxy groups -OCH3 is 1. The van der Waals surface area contributed by atoms with Crippen molar-refractivity contribution in [2.45, 2.75) is 26.4 Å². The van der Waals surface area contributed by atoms with Crippen LogP contribution >= 0.6 is 0 Å². The average Bonchev–Trinajstić information content (AvgIpc) is 2.47. The van der Waals surface area contributed by atoms with Gasteiger partial charge in [-0.3, -0.25) is 9.80 Å². The fourth-order valence-corrected chi connectivity index (χ4v) is 2.63. The quantitative estimate of drug-likeness (QED) is 0.797. The van der Waals surface area contributed by atoms with Crippen molar-refractivity contribution in [2.24, 2.45) is 0 Å². The van der Waals surface area contributed by atoms with E-state index in [9.17, 15) is 9.18 Å². The van der Waals surface area contributed by atoms with E-state index in [0.29, 0.717) is 12.6 Å². The van der Waals surface area contributed by atoms with E-state index in [4.69, 9.17) is 0 Å². The molecule has 1 aliphatic heterocycles. The van der Waals surface area contributed by atoms with Gasteiger partial charge in [-0.25, -0.2) is 9.18 Å². The third-order valence-corrected chi connectivity index (χ3v) is 3.98. The van der Waals surface area contributed by atoms with Crippen LogP contribution in [0.25, 0.3) is 0 Å². The van der Waals surface area contributed by atoms with Gasteiger partial charge in [-0.15, -0.1) is 0 Å². The first-order valence-electron chi connectivity index (χ1n) is 7.34. The van der Waals surface area contributed by atoms with Gasteiger partial charge in [0.05, 0.1) is 12.7 Å². The van der Waals surface area contributed by atoms with E-state index in [-0.39, 0.29) is 5.56 Å². The molecule has 0 spiro atoms. The Hall–Kier alpha value is -1.46. The summed E-state index contributed by atoms with van der Waals surface area (Å²) >= 11 is 0. The van der Waals surface area contributed by atoms with Gasteiger partial charge in [0.2, 0.25) is 0 Å². The van der Waals surface area contributed by atoms with Crippen LogP contribution < -0.4 is 0 Å². The number of benzene rings is 1. The van der Waals surface area contributed by atoms with Crippen LogP contribution in [0.3, 0.4) is 0 Å². The van der Waals surface area contributed by atoms with Crippen molar-refractivity contribution in [2.75, 3.05) is 33.3 Å². The summed E-state index contributed by atoms with van der Waals surface area (Å²) in [6.45, 7) is 9.18. The highest BCUT2D eigenvalue weighted by Crippen LogP contribution is 2.15. The molecular weight excluding hydrogens is 271 g/mol. The summed E-state index contributed by atoms with van der Waals surface area (Å²) in [6.07, 6.45) is 0. The van der Waals surface area contributed by atoms with Gasteiger partial charge in [-0.2, -0.15) is 0 Å². The number of esters is 1. The Labute approximate surface area is 125 Å². The minimum atomic E-state index is -0.635. The van der Waals surface area contributed by atoms with Gasteiger partial charge in [-0.05, 0) is 31.5 Å². The van der Waals surface area contributed by atoms with Crippen LogP contribution in [0.1, 0.15) is 29.8 Å². The van der Waals surface area contributed by atoms with Crippen molar-refractivity contribution in [3.8, 4) is 0 Å². The molecule has 0 bridgehead atoms. The summed E-state index contributed by atoms with van der Waals surface area (Å²) < 4.78 is 18.4. The van der Waals surface area contributed by atoms with Crippen molar-refractivity contribution < 1.29 is 13.9 Å². The van der Waals surface area contributed by atoms with Gasteiger partial charge < -0.3 is 4.74 Å². The molecule has 0 radical (unpaired) electrons. The first kappa shape index (κ1) is 15.9. The SMILES string of the molecule is COC(=O)c1ccc(CN2CCN(C(C)C)CC2)cc1F. The topological polar surface area (TPSA) is 32.8 Å². The Morgan fingerprint density at radius 3 is 2.48 bits per heavy atom. The number of rotatable bonds is 4. The van der Waals surface area contributed by atoms with Crippen molar-refractivity contribution in [3.63, 3.8) is 0 Å². The molecule has 0 aliphatic carbocycles. The fraction of sp³-hybridized carbons (Fsp3) is 0.562. The van der Waals surface area contributed by atoms with Crippen LogP contribution in [-0.4, -0.2) is 55.1 Å². The number of halogens is 1. The Bertz CT molecular complexity index is 497. The van der Waals surface area contributed by atoms with Crippen molar-refractivity contribution in [1.82, 2.24) is 9.80 Å². The van der Waals surface area contributed by atoms with Gasteiger partial charge in [0.15, 0.2) is 0 Å². The maximum absolute atomic E-state index is 13.9. The summed E-state index contributed by atoms with van der Waals surface area (Å²) in [6, 6.07) is 5.30. The summed E-state index contributed by atoms with van der Waals surface area (Å²) in [5.74, 6) is -1.15. The minimum Gasteiger partial charge on any atom is -0.465 e. The molecule has 116 valence electrons. The van der Waals surface area contributed by atoms with Crippen LogP contribution in [0.15, 0.2) is 18.2 Å². The number of nitrogens with zero attached hydrogens (tertiary/aromatic N) is 2. The smallest absolute Gasteiger partial charge is 0.340 e. The van der Waals surface area contributed by atoms with Crippen LogP contribution in [0.2, 0.25) is 0 Å². The number of hydrogen-bond acceptors (Lipinski definition) is 4. The molecule has 0 unspecified atom stereocenters. The van der Waals surface area contributed by atoms with Gasteiger partial charge >= 0.3 is 5.97 Å². The van der Waals surface area contributed by atoms with Crippen LogP contribution in [0.5, 0.6) is 0 Å². The lowest BCUT2D eigenvalue weighted by Crippen LogP contribution is -2.48. The highest BCUT2D eigenvalue weighted by Gasteiger charge is 2.19. The molecule has 0 saturated carbocycles. The van der Waals surface area contributed by atoms with E-state index in [0.717, 1.165) is 31.7 Å². The van der Waals surface area contributed by atoms with E-state index in [1.54, 1.807) is 6.07 Å². The molecule has 1 aromatic carbocycles. The Balaban J connectivity index is 1.95. The highest BCUT2D eigenvalue weighted by atomic mass is 19.1. The van der Waals surface area contributed by atoms with Gasteiger partial charge in [0, 0.05) is 38.8 Å². The van der Waals surface area contributed by atoms with Crippen molar-refractivity contribution in [3.05, 3.63) is 35.1 Å². The lowest BCUT2D eigenvalue weighted by atomic mass is 10.1. The van der Waals surface area contributed by atoms with Crippen LogP contribution in [0.4, 0.5) is 4.39 Å². The molecule has 2 rings (SSSR count). The summed E-state index contributed by atoms with van der Waals surface area (Å²) in [5, 5.41) is 0. The zero-order valence-electron chi connectivity index (χ0n) is 12.9. The predicted octanol–water partition coefficient (Wildman–Crippen LogP) is 2.14. The Morgan fingerprint density at radius 2 is 1.95 bits per heavy atom. The molecule has 1 fully saturated rings. The van der Waals surface area contributed by atoms with Gasteiger partial charge in [0.1, 0.15) is 5.82 Å². The second kappa shape index (κ2) is 7.00. The molecule has 4 nitrogen and oxygen atoms in total. The van der Waals surface area contributed by atoms with E-state index in [2.05, 4.69) is 28.4 Å². The van der Waals surface area contributed by atoms with E-state index in [1.807, 2.05) is 0 Å². The molecule has 1 aliphatic rings. The molecule has 21 heavy (non-hydrogen) atoms. The maximum atomic E-state index is 13.9. The third kappa shape index (κ3) is 4.02. The molecule has 0 N–H and O–H groups in total. The molecule has 0 atom stereocenters. The fourth-order valence-electron chi connectivity index (χ4n) is 2.63. The predicted molar refractivity (Wildman–Crippen MR) is 79.7 cm³/mol. The second-order valence-electron chi connectivity index (χ2n) is 5.71. The molecule has 0 aromatic heterocycles. The number of piperazine rings is 1. The first-order valence-corrected chi connectivity index (χ1v) is 7.34. The van der Waals surface area contributed by atoms with E-state index < -0.39 is 11.8 Å². The number of ether oxygens (including phenoxy) is 1. The summed E-state index contributed by atoms with van der Waals surface area (Å²) in [4.78, 5) is 16.1. The standard InChI is InChI=1S/C16H23FN2O2/c1-12(2)19-8-6-18(7-9-19)11-13-4-5-14(15(17)10-13)16(20)21-3/h4-5,10,12H,6-9,11H2,1-3H3. The van der Waals surface area contributed by atoms with E-state index in [1.165, 1.54) is 19.2 Å². The van der Waals surface area contributed by atoms with E-state index >= 15 is 0 Å². The lowest BCUT2D eigenvalue weighted by Gasteiger charge is -2.36. The Kier molecular flexibility index (Phi) is 5.31. The van der Waals surface area contributed by atoms with Crippen LogP contribution in [0, 0.1) is 5.82 Å². The normalized spacial score (nSPS) is 17.2. The monoisotopic (exact) mass is 294 g/mol. The lowest BCUT2D eigenvalue weighted by molar-refractivity contribution is 0.0595. The molecule has 1 heterocycles. The molecule has 1 aromatic rings. The number of carbonyl (C=O) groups is 1. The largest absolute Gasteiger partial charge is 0.465 e. The maximum Gasteiger partial charge on any atom is 0.340 e. The second-order valence-corrected chi connectivity index (χ2v) is 5.71. The Morgan fingerprint density at radius 1 is 1.29 bits per heavy atom. The highest BCUT2D eigenvalue weighted by molar-refractivity contribution is 5.89.